The lowest BCUT2D eigenvalue weighted by Gasteiger charge is -2.27. The number of ether oxygens (including phenoxy) is 3. The fourth-order valence-corrected chi connectivity index (χ4v) is 7.36. The number of hydrogen-bond donors (Lipinski definition) is 1. The van der Waals surface area contributed by atoms with E-state index in [0.29, 0.717) is 24.0 Å². The summed E-state index contributed by atoms with van der Waals surface area (Å²) >= 11 is 6.86. The number of halogens is 1. The first-order valence-electron chi connectivity index (χ1n) is 16.6. The maximum absolute atomic E-state index is 9.78. The molecule has 3 aromatic carbocycles. The van der Waals surface area contributed by atoms with Crippen molar-refractivity contribution in [1.29, 1.82) is 0 Å². The van der Waals surface area contributed by atoms with E-state index >= 15 is 0 Å². The molecule has 6 nitrogen and oxygen atoms in total. The van der Waals surface area contributed by atoms with Gasteiger partial charge in [0.2, 0.25) is 0 Å². The molecule has 2 heterocycles. The minimum atomic E-state index is -0.174. The van der Waals surface area contributed by atoms with Crippen molar-refractivity contribution in [3.8, 4) is 28.4 Å². The Hall–Kier alpha value is -2.77. The zero-order chi connectivity index (χ0) is 30.5. The molecule has 2 aliphatic heterocycles. The summed E-state index contributed by atoms with van der Waals surface area (Å²) in [7, 11) is 0. The number of piperidine rings is 1. The van der Waals surface area contributed by atoms with E-state index in [-0.39, 0.29) is 12.2 Å². The molecule has 236 valence electrons. The molecule has 0 aromatic heterocycles. The van der Waals surface area contributed by atoms with Gasteiger partial charge >= 0.3 is 0 Å². The standard InChI is InChI=1S/C37H47ClN2O4/c1-3-42-36-23-37(33(38)22-27(36)24-39-17-5-4-6-18-39)44-35-15-14-31-30(11-7-12-32(31)35)29-10-8-13-34(26(29)2)43-21-9-19-40-20-16-28(41)25-40/h7-8,10-13,22-23,28,35,41H,3-6,9,14-21,24-25H2,1-2H3/t28-,35+/m1/s1. The van der Waals surface area contributed by atoms with Crippen molar-refractivity contribution in [2.75, 3.05) is 45.9 Å². The van der Waals surface area contributed by atoms with Gasteiger partial charge in [0, 0.05) is 37.8 Å². The van der Waals surface area contributed by atoms with Crippen LogP contribution in [0.25, 0.3) is 11.1 Å². The highest BCUT2D eigenvalue weighted by Crippen LogP contribution is 2.44. The second-order valence-electron chi connectivity index (χ2n) is 12.6. The molecule has 0 spiro atoms. The number of aliphatic hydroxyl groups excluding tert-OH is 1. The van der Waals surface area contributed by atoms with E-state index in [1.807, 2.05) is 19.1 Å². The first-order valence-corrected chi connectivity index (χ1v) is 17.0. The molecule has 0 saturated carbocycles. The summed E-state index contributed by atoms with van der Waals surface area (Å²) in [6.45, 7) is 11.3. The zero-order valence-corrected chi connectivity index (χ0v) is 27.1. The van der Waals surface area contributed by atoms with Crippen molar-refractivity contribution in [2.45, 2.75) is 77.5 Å². The average Bonchev–Trinajstić information content (AvgIpc) is 3.64. The van der Waals surface area contributed by atoms with Crippen LogP contribution in [0.15, 0.2) is 48.5 Å². The average molecular weight is 619 g/mol. The van der Waals surface area contributed by atoms with Crippen LogP contribution in [0.2, 0.25) is 5.02 Å². The lowest BCUT2D eigenvalue weighted by atomic mass is 9.93. The number of rotatable bonds is 12. The largest absolute Gasteiger partial charge is 0.493 e. The number of hydrogen-bond acceptors (Lipinski definition) is 6. The fourth-order valence-electron chi connectivity index (χ4n) is 7.13. The Morgan fingerprint density at radius 3 is 2.50 bits per heavy atom. The Morgan fingerprint density at radius 1 is 0.886 bits per heavy atom. The summed E-state index contributed by atoms with van der Waals surface area (Å²) in [5.41, 5.74) is 7.32. The quantitative estimate of drug-likeness (QED) is 0.211. The van der Waals surface area contributed by atoms with Crippen molar-refractivity contribution < 1.29 is 19.3 Å². The van der Waals surface area contributed by atoms with E-state index in [4.69, 9.17) is 25.8 Å². The third-order valence-corrected chi connectivity index (χ3v) is 9.74. The van der Waals surface area contributed by atoms with Crippen LogP contribution in [0, 0.1) is 6.92 Å². The Morgan fingerprint density at radius 2 is 1.70 bits per heavy atom. The minimum absolute atomic E-state index is 0.0614. The van der Waals surface area contributed by atoms with Gasteiger partial charge in [0.1, 0.15) is 23.4 Å². The van der Waals surface area contributed by atoms with Crippen LogP contribution in [-0.4, -0.2) is 66.9 Å². The van der Waals surface area contributed by atoms with Gasteiger partial charge in [-0.05, 0) is 105 Å². The molecule has 3 aliphatic rings. The smallest absolute Gasteiger partial charge is 0.142 e. The van der Waals surface area contributed by atoms with E-state index in [2.05, 4.69) is 53.1 Å². The summed E-state index contributed by atoms with van der Waals surface area (Å²) in [5, 5.41) is 10.4. The maximum atomic E-state index is 9.78. The van der Waals surface area contributed by atoms with Crippen LogP contribution in [0.5, 0.6) is 17.2 Å². The molecule has 3 aromatic rings. The topological polar surface area (TPSA) is 54.4 Å². The van der Waals surface area contributed by atoms with Gasteiger partial charge in [0.15, 0.2) is 0 Å². The number of benzene rings is 3. The SMILES string of the molecule is CCOc1cc(O[C@H]2CCc3c(-c4cccc(OCCCN5CC[C@@H](O)C5)c4C)cccc32)c(Cl)cc1CN1CCCCC1. The van der Waals surface area contributed by atoms with E-state index in [9.17, 15) is 5.11 Å². The lowest BCUT2D eigenvalue weighted by molar-refractivity contribution is 0.173. The second kappa shape index (κ2) is 14.6. The first kappa shape index (κ1) is 31.2. The molecule has 44 heavy (non-hydrogen) atoms. The van der Waals surface area contributed by atoms with Gasteiger partial charge in [-0.15, -0.1) is 0 Å². The summed E-state index contributed by atoms with van der Waals surface area (Å²) in [4.78, 5) is 4.81. The van der Waals surface area contributed by atoms with Crippen LogP contribution >= 0.6 is 11.6 Å². The first-order chi connectivity index (χ1) is 21.5. The van der Waals surface area contributed by atoms with Crippen LogP contribution in [0.3, 0.4) is 0 Å². The molecule has 2 fully saturated rings. The number of nitrogens with zero attached hydrogens (tertiary/aromatic N) is 2. The predicted molar refractivity (Wildman–Crippen MR) is 177 cm³/mol. The van der Waals surface area contributed by atoms with Gasteiger partial charge in [-0.3, -0.25) is 4.90 Å². The molecular formula is C37H47ClN2O4. The van der Waals surface area contributed by atoms with Crippen molar-refractivity contribution >= 4 is 11.6 Å². The predicted octanol–water partition coefficient (Wildman–Crippen LogP) is 7.60. The van der Waals surface area contributed by atoms with Gasteiger partial charge in [-0.25, -0.2) is 0 Å². The van der Waals surface area contributed by atoms with E-state index < -0.39 is 0 Å². The molecule has 0 bridgehead atoms. The molecule has 6 rings (SSSR count). The van der Waals surface area contributed by atoms with Gasteiger partial charge < -0.3 is 24.2 Å². The van der Waals surface area contributed by atoms with Crippen LogP contribution < -0.4 is 14.2 Å². The molecule has 7 heteroatoms. The van der Waals surface area contributed by atoms with Gasteiger partial charge in [-0.2, -0.15) is 0 Å². The molecule has 1 aliphatic carbocycles. The molecule has 2 saturated heterocycles. The summed E-state index contributed by atoms with van der Waals surface area (Å²) < 4.78 is 19.0. The van der Waals surface area contributed by atoms with Gasteiger partial charge in [-0.1, -0.05) is 48.4 Å². The normalized spacial score (nSPS) is 20.5. The third kappa shape index (κ3) is 7.20. The monoisotopic (exact) mass is 618 g/mol. The number of fused-ring (bicyclic) bond motifs is 1. The van der Waals surface area contributed by atoms with E-state index in [1.54, 1.807) is 0 Å². The zero-order valence-electron chi connectivity index (χ0n) is 26.3. The van der Waals surface area contributed by atoms with Crippen molar-refractivity contribution in [1.82, 2.24) is 9.80 Å². The van der Waals surface area contributed by atoms with Gasteiger partial charge in [0.05, 0.1) is 24.3 Å². The Bertz CT molecular complexity index is 1420. The summed E-state index contributed by atoms with van der Waals surface area (Å²) in [6.07, 6.45) is 7.27. The maximum Gasteiger partial charge on any atom is 0.142 e. The molecule has 0 radical (unpaired) electrons. The third-order valence-electron chi connectivity index (χ3n) is 9.44. The van der Waals surface area contributed by atoms with Crippen molar-refractivity contribution in [2.24, 2.45) is 0 Å². The highest BCUT2D eigenvalue weighted by atomic mass is 35.5. The Labute approximate surface area is 267 Å². The summed E-state index contributed by atoms with van der Waals surface area (Å²) in [5.74, 6) is 2.50. The van der Waals surface area contributed by atoms with Crippen molar-refractivity contribution in [3.05, 3.63) is 75.8 Å². The summed E-state index contributed by atoms with van der Waals surface area (Å²) in [6, 6.07) is 17.0. The van der Waals surface area contributed by atoms with Gasteiger partial charge in [0.25, 0.3) is 0 Å². The molecule has 0 amide bonds. The highest BCUT2D eigenvalue weighted by molar-refractivity contribution is 6.32. The molecule has 0 unspecified atom stereocenters. The minimum Gasteiger partial charge on any atom is -0.493 e. The van der Waals surface area contributed by atoms with E-state index in [1.165, 1.54) is 41.5 Å². The van der Waals surface area contributed by atoms with Crippen LogP contribution in [0.4, 0.5) is 0 Å². The molecular weight excluding hydrogens is 572 g/mol. The van der Waals surface area contributed by atoms with Crippen molar-refractivity contribution in [3.63, 3.8) is 0 Å². The molecule has 1 N–H and O–H groups in total. The highest BCUT2D eigenvalue weighted by Gasteiger charge is 2.28. The van der Waals surface area contributed by atoms with Crippen LogP contribution in [0.1, 0.15) is 73.8 Å². The number of β-amino-alcohol motifs (C(OH)–C–C–N with tert-alkyl or cyclic N) is 1. The Kier molecular flexibility index (Phi) is 10.3. The molecule has 2 atom stereocenters. The lowest BCUT2D eigenvalue weighted by Crippen LogP contribution is -2.29. The van der Waals surface area contributed by atoms with Crippen LogP contribution in [-0.2, 0) is 13.0 Å². The second-order valence-corrected chi connectivity index (χ2v) is 13.0. The number of likely N-dealkylation sites (tertiary alicyclic amines) is 2. The number of aliphatic hydroxyl groups is 1. The Balaban J connectivity index is 1.16. The fraction of sp³-hybridized carbons (Fsp3) is 0.514. The van der Waals surface area contributed by atoms with E-state index in [0.717, 1.165) is 87.6 Å².